The summed E-state index contributed by atoms with van der Waals surface area (Å²) in [5.41, 5.74) is 0.320. The summed E-state index contributed by atoms with van der Waals surface area (Å²) in [6.45, 7) is 4.28. The maximum Gasteiger partial charge on any atom is 0.384 e. The Morgan fingerprint density at radius 2 is 2.18 bits per heavy atom. The van der Waals surface area contributed by atoms with Crippen molar-refractivity contribution in [1.82, 2.24) is 0 Å². The molecule has 1 aliphatic carbocycles. The summed E-state index contributed by atoms with van der Waals surface area (Å²) in [4.78, 5) is 10.6. The fraction of sp³-hybridized carbons (Fsp3) is 0.667. The van der Waals surface area contributed by atoms with E-state index in [0.29, 0.717) is 11.3 Å². The Hall–Kier alpha value is -0.970. The zero-order valence-corrected chi connectivity index (χ0v) is 7.10. The normalized spacial score (nSPS) is 24.8. The van der Waals surface area contributed by atoms with Crippen LogP contribution in [-0.4, -0.2) is 13.1 Å². The van der Waals surface area contributed by atoms with Gasteiger partial charge in [-0.3, -0.25) is 0 Å². The minimum absolute atomic E-state index is 0.320. The van der Waals surface area contributed by atoms with Crippen molar-refractivity contribution in [1.29, 1.82) is 0 Å². The monoisotopic (exact) mass is 152 g/mol. The van der Waals surface area contributed by atoms with Crippen LogP contribution in [0.15, 0.2) is 0 Å². The van der Waals surface area contributed by atoms with Gasteiger partial charge >= 0.3 is 5.97 Å². The lowest BCUT2D eigenvalue weighted by Crippen LogP contribution is -1.95. The lowest BCUT2D eigenvalue weighted by molar-refractivity contribution is -0.133. The summed E-state index contributed by atoms with van der Waals surface area (Å²) >= 11 is 0. The van der Waals surface area contributed by atoms with E-state index in [1.165, 1.54) is 7.11 Å². The van der Waals surface area contributed by atoms with Gasteiger partial charge in [-0.05, 0) is 11.8 Å². The maximum atomic E-state index is 10.6. The SMILES string of the molecule is COC(=O)C#CC1CC1(C)C. The number of carbonyl (C=O) groups is 1. The molecule has 0 spiro atoms. The minimum Gasteiger partial charge on any atom is -0.459 e. The number of esters is 1. The third-order valence-corrected chi connectivity index (χ3v) is 2.05. The Kier molecular flexibility index (Phi) is 1.90. The van der Waals surface area contributed by atoms with Gasteiger partial charge in [0.1, 0.15) is 0 Å². The Labute approximate surface area is 66.9 Å². The molecule has 0 aromatic carbocycles. The molecule has 0 bridgehead atoms. The molecule has 60 valence electrons. The first-order valence-electron chi connectivity index (χ1n) is 3.66. The predicted molar refractivity (Wildman–Crippen MR) is 41.7 cm³/mol. The fourth-order valence-corrected chi connectivity index (χ4v) is 0.911. The van der Waals surface area contributed by atoms with Crippen LogP contribution >= 0.6 is 0 Å². The van der Waals surface area contributed by atoms with Crippen LogP contribution in [0.2, 0.25) is 0 Å². The van der Waals surface area contributed by atoms with Crippen LogP contribution in [0.5, 0.6) is 0 Å². The first-order valence-corrected chi connectivity index (χ1v) is 3.66. The molecule has 0 heterocycles. The molecular formula is C9H12O2. The van der Waals surface area contributed by atoms with Crippen molar-refractivity contribution in [2.24, 2.45) is 11.3 Å². The van der Waals surface area contributed by atoms with Crippen LogP contribution in [0.1, 0.15) is 20.3 Å². The van der Waals surface area contributed by atoms with E-state index in [2.05, 4.69) is 30.4 Å². The summed E-state index contributed by atoms with van der Waals surface area (Å²) in [7, 11) is 1.34. The van der Waals surface area contributed by atoms with Gasteiger partial charge in [-0.2, -0.15) is 0 Å². The third kappa shape index (κ3) is 1.98. The topological polar surface area (TPSA) is 26.3 Å². The molecule has 0 aromatic heterocycles. The van der Waals surface area contributed by atoms with Gasteiger partial charge in [0.25, 0.3) is 0 Å². The van der Waals surface area contributed by atoms with Gasteiger partial charge in [0.2, 0.25) is 0 Å². The fourth-order valence-electron chi connectivity index (χ4n) is 0.911. The van der Waals surface area contributed by atoms with E-state index in [1.54, 1.807) is 0 Å². The molecule has 1 rings (SSSR count). The van der Waals surface area contributed by atoms with E-state index in [9.17, 15) is 4.79 Å². The number of carbonyl (C=O) groups excluding carboxylic acids is 1. The van der Waals surface area contributed by atoms with Crippen molar-refractivity contribution in [3.05, 3.63) is 0 Å². The van der Waals surface area contributed by atoms with Crippen molar-refractivity contribution >= 4 is 5.97 Å². The van der Waals surface area contributed by atoms with Gasteiger partial charge in [-0.15, -0.1) is 0 Å². The number of hydrogen-bond acceptors (Lipinski definition) is 2. The van der Waals surface area contributed by atoms with Crippen molar-refractivity contribution in [3.63, 3.8) is 0 Å². The van der Waals surface area contributed by atoms with E-state index in [1.807, 2.05) is 0 Å². The average molecular weight is 152 g/mol. The van der Waals surface area contributed by atoms with Crippen molar-refractivity contribution in [2.75, 3.05) is 7.11 Å². The van der Waals surface area contributed by atoms with Gasteiger partial charge in [0.15, 0.2) is 0 Å². The second-order valence-electron chi connectivity index (χ2n) is 3.51. The molecule has 2 nitrogen and oxygen atoms in total. The second-order valence-corrected chi connectivity index (χ2v) is 3.51. The number of rotatable bonds is 0. The van der Waals surface area contributed by atoms with Crippen molar-refractivity contribution in [3.8, 4) is 11.8 Å². The molecule has 0 N–H and O–H groups in total. The predicted octanol–water partition coefficient (Wildman–Crippen LogP) is 1.21. The molecule has 0 radical (unpaired) electrons. The van der Waals surface area contributed by atoms with Crippen molar-refractivity contribution in [2.45, 2.75) is 20.3 Å². The van der Waals surface area contributed by atoms with Gasteiger partial charge in [-0.1, -0.05) is 19.8 Å². The summed E-state index contributed by atoms with van der Waals surface area (Å²) in [5, 5.41) is 0. The first kappa shape index (κ1) is 8.13. The molecule has 1 aliphatic rings. The minimum atomic E-state index is -0.437. The lowest BCUT2D eigenvalue weighted by atomic mass is 10.1. The standard InChI is InChI=1S/C9H12O2/c1-9(2)6-7(9)4-5-8(10)11-3/h7H,6H2,1-3H3. The zero-order chi connectivity index (χ0) is 8.48. The number of ether oxygens (including phenoxy) is 1. The van der Waals surface area contributed by atoms with Gasteiger partial charge in [0.05, 0.1) is 7.11 Å². The highest BCUT2D eigenvalue weighted by Crippen LogP contribution is 2.50. The molecule has 1 saturated carbocycles. The third-order valence-electron chi connectivity index (χ3n) is 2.05. The molecule has 1 atom stereocenters. The van der Waals surface area contributed by atoms with E-state index >= 15 is 0 Å². The van der Waals surface area contributed by atoms with E-state index < -0.39 is 5.97 Å². The highest BCUT2D eigenvalue weighted by Gasteiger charge is 2.44. The van der Waals surface area contributed by atoms with Crippen LogP contribution in [-0.2, 0) is 9.53 Å². The Balaban J connectivity index is 2.42. The van der Waals surface area contributed by atoms with Crippen LogP contribution in [0.25, 0.3) is 0 Å². The van der Waals surface area contributed by atoms with E-state index in [4.69, 9.17) is 0 Å². The summed E-state index contributed by atoms with van der Waals surface area (Å²) in [6, 6.07) is 0. The summed E-state index contributed by atoms with van der Waals surface area (Å²) < 4.78 is 4.38. The molecule has 0 saturated heterocycles. The van der Waals surface area contributed by atoms with Gasteiger partial charge in [-0.25, -0.2) is 4.79 Å². The van der Waals surface area contributed by atoms with E-state index in [-0.39, 0.29) is 0 Å². The van der Waals surface area contributed by atoms with E-state index in [0.717, 1.165) is 6.42 Å². The summed E-state index contributed by atoms with van der Waals surface area (Å²) in [5.74, 6) is 5.26. The molecule has 0 amide bonds. The van der Waals surface area contributed by atoms with Gasteiger partial charge < -0.3 is 4.74 Å². The first-order chi connectivity index (χ1) is 5.06. The Morgan fingerprint density at radius 1 is 1.64 bits per heavy atom. The van der Waals surface area contributed by atoms with Crippen molar-refractivity contribution < 1.29 is 9.53 Å². The number of hydrogen-bond donors (Lipinski definition) is 0. The number of methoxy groups -OCH3 is 1. The molecule has 1 unspecified atom stereocenters. The molecule has 1 fully saturated rings. The molecule has 0 aliphatic heterocycles. The molecule has 11 heavy (non-hydrogen) atoms. The Bertz CT molecular complexity index is 230. The molecular weight excluding hydrogens is 140 g/mol. The van der Waals surface area contributed by atoms with Gasteiger partial charge in [0, 0.05) is 11.8 Å². The summed E-state index contributed by atoms with van der Waals surface area (Å²) in [6.07, 6.45) is 1.09. The van der Waals surface area contributed by atoms with Crippen LogP contribution in [0.4, 0.5) is 0 Å². The largest absolute Gasteiger partial charge is 0.459 e. The second kappa shape index (κ2) is 2.58. The lowest BCUT2D eigenvalue weighted by Gasteiger charge is -1.92. The molecule has 2 heteroatoms. The average Bonchev–Trinajstić information content (AvgIpc) is 2.54. The maximum absolute atomic E-state index is 10.6. The highest BCUT2D eigenvalue weighted by molar-refractivity contribution is 5.88. The Morgan fingerprint density at radius 3 is 2.55 bits per heavy atom. The van der Waals surface area contributed by atoms with Crippen LogP contribution in [0.3, 0.4) is 0 Å². The highest BCUT2D eigenvalue weighted by atomic mass is 16.5. The zero-order valence-electron chi connectivity index (χ0n) is 7.10. The van der Waals surface area contributed by atoms with Crippen LogP contribution < -0.4 is 0 Å². The van der Waals surface area contributed by atoms with Crippen LogP contribution in [0, 0.1) is 23.2 Å². The molecule has 0 aromatic rings. The smallest absolute Gasteiger partial charge is 0.384 e. The quantitative estimate of drug-likeness (QED) is 0.296.